The number of carbonyl (C=O) groups is 2. The molecule has 2 aromatic carbocycles. The van der Waals surface area contributed by atoms with Gasteiger partial charge in [0.1, 0.15) is 5.75 Å². The number of ether oxygens (including phenoxy) is 1. The monoisotopic (exact) mass is 466 g/mol. The molecule has 0 aliphatic heterocycles. The maximum Gasteiger partial charge on any atom is 0.573 e. The second-order valence-corrected chi connectivity index (χ2v) is 7.97. The van der Waals surface area contributed by atoms with E-state index in [0.29, 0.717) is 23.1 Å². The van der Waals surface area contributed by atoms with Crippen molar-refractivity contribution in [3.05, 3.63) is 54.1 Å². The zero-order valence-corrected chi connectivity index (χ0v) is 17.6. The Bertz CT molecular complexity index is 1070. The third-order valence-corrected chi connectivity index (χ3v) is 5.29. The van der Waals surface area contributed by atoms with E-state index in [9.17, 15) is 22.8 Å². The van der Waals surface area contributed by atoms with Crippen molar-refractivity contribution in [3.63, 3.8) is 0 Å². The number of hydrogen-bond donors (Lipinski definition) is 3. The summed E-state index contributed by atoms with van der Waals surface area (Å²) in [5.41, 5.74) is 7.31. The molecular weight excluding hydrogens is 445 g/mol. The minimum absolute atomic E-state index is 0.132. The number of hydrogen-bond acceptors (Lipinski definition) is 6. The van der Waals surface area contributed by atoms with Crippen LogP contribution in [0.25, 0.3) is 10.2 Å². The van der Waals surface area contributed by atoms with E-state index in [2.05, 4.69) is 20.4 Å². The van der Waals surface area contributed by atoms with Crippen molar-refractivity contribution in [1.82, 2.24) is 10.3 Å². The highest BCUT2D eigenvalue weighted by Crippen LogP contribution is 2.31. The van der Waals surface area contributed by atoms with Crippen molar-refractivity contribution in [1.29, 1.82) is 0 Å². The fourth-order valence-corrected chi connectivity index (χ4v) is 3.80. The number of thiazole rings is 1. The number of benzene rings is 2. The Hall–Kier alpha value is -3.18. The number of rotatable bonds is 9. The Balaban J connectivity index is 1.41. The molecule has 32 heavy (non-hydrogen) atoms. The summed E-state index contributed by atoms with van der Waals surface area (Å²) in [6, 6.07) is 12.5. The fraction of sp³-hybridized carbons (Fsp3) is 0.286. The molecule has 7 nitrogen and oxygen atoms in total. The molecule has 0 aliphatic carbocycles. The highest BCUT2D eigenvalue weighted by atomic mass is 32.1. The smallest absolute Gasteiger partial charge is 0.406 e. The van der Waals surface area contributed by atoms with Gasteiger partial charge in [0.05, 0.1) is 16.3 Å². The molecule has 0 spiro atoms. The lowest BCUT2D eigenvalue weighted by Crippen LogP contribution is -2.42. The molecule has 0 saturated heterocycles. The van der Waals surface area contributed by atoms with Gasteiger partial charge in [-0.25, -0.2) is 4.98 Å². The van der Waals surface area contributed by atoms with E-state index in [1.54, 1.807) is 0 Å². The Labute approximate surface area is 185 Å². The lowest BCUT2D eigenvalue weighted by Gasteiger charge is -2.12. The van der Waals surface area contributed by atoms with E-state index in [-0.39, 0.29) is 35.7 Å². The van der Waals surface area contributed by atoms with Crippen LogP contribution in [0, 0.1) is 0 Å². The largest absolute Gasteiger partial charge is 0.573 e. The van der Waals surface area contributed by atoms with Crippen molar-refractivity contribution >= 4 is 38.5 Å². The van der Waals surface area contributed by atoms with E-state index in [4.69, 9.17) is 5.73 Å². The zero-order valence-electron chi connectivity index (χ0n) is 16.8. The summed E-state index contributed by atoms with van der Waals surface area (Å²) in [6.07, 6.45) is -3.84. The minimum atomic E-state index is -4.78. The number of anilines is 1. The van der Waals surface area contributed by atoms with Crippen LogP contribution in [-0.4, -0.2) is 35.7 Å². The predicted molar refractivity (Wildman–Crippen MR) is 115 cm³/mol. The SMILES string of the molecule is N[C@@H](Cc1ccccc1)C(=O)NCCCC(=O)Nc1nc2ccc(OC(F)(F)F)cc2s1. The standard InChI is InChI=1S/C21H21F3N4O3S/c22-21(23,24)31-14-8-9-16-17(12-14)32-20(27-16)28-18(29)7-4-10-26-19(30)15(25)11-13-5-2-1-3-6-13/h1-3,5-6,8-9,12,15H,4,7,10-11,25H2,(H,26,30)(H,27,28,29)/t15-/m0/s1. The van der Waals surface area contributed by atoms with Gasteiger partial charge in [-0.15, -0.1) is 13.2 Å². The third kappa shape index (κ3) is 7.20. The van der Waals surface area contributed by atoms with Crippen molar-refractivity contribution in [2.75, 3.05) is 11.9 Å². The molecule has 0 bridgehead atoms. The van der Waals surface area contributed by atoms with Gasteiger partial charge >= 0.3 is 6.36 Å². The van der Waals surface area contributed by atoms with Crippen molar-refractivity contribution < 1.29 is 27.5 Å². The van der Waals surface area contributed by atoms with Gasteiger partial charge in [-0.1, -0.05) is 41.7 Å². The lowest BCUT2D eigenvalue weighted by atomic mass is 10.1. The van der Waals surface area contributed by atoms with Gasteiger partial charge in [0.15, 0.2) is 5.13 Å². The second-order valence-electron chi connectivity index (χ2n) is 6.94. The van der Waals surface area contributed by atoms with Gasteiger partial charge in [-0.05, 0) is 30.5 Å². The maximum absolute atomic E-state index is 12.3. The summed E-state index contributed by atoms with van der Waals surface area (Å²) in [7, 11) is 0. The van der Waals surface area contributed by atoms with Crippen LogP contribution >= 0.6 is 11.3 Å². The number of fused-ring (bicyclic) bond motifs is 1. The topological polar surface area (TPSA) is 106 Å². The number of nitrogens with zero attached hydrogens (tertiary/aromatic N) is 1. The molecule has 3 aromatic rings. The molecule has 3 rings (SSSR count). The van der Waals surface area contributed by atoms with Crippen LogP contribution in [0.1, 0.15) is 18.4 Å². The average Bonchev–Trinajstić information content (AvgIpc) is 3.11. The molecule has 0 fully saturated rings. The van der Waals surface area contributed by atoms with Crippen LogP contribution < -0.4 is 21.1 Å². The molecule has 0 radical (unpaired) electrons. The van der Waals surface area contributed by atoms with Crippen LogP contribution in [-0.2, 0) is 16.0 Å². The molecule has 11 heteroatoms. The molecule has 0 unspecified atom stereocenters. The highest BCUT2D eigenvalue weighted by Gasteiger charge is 2.31. The number of alkyl halides is 3. The number of amides is 2. The van der Waals surface area contributed by atoms with Crippen molar-refractivity contribution in [2.24, 2.45) is 5.73 Å². The first-order chi connectivity index (χ1) is 15.2. The summed E-state index contributed by atoms with van der Waals surface area (Å²) in [6.45, 7) is 0.284. The molecule has 2 amide bonds. The van der Waals surface area contributed by atoms with Crippen LogP contribution in [0.2, 0.25) is 0 Å². The summed E-state index contributed by atoms with van der Waals surface area (Å²) >= 11 is 1.04. The first kappa shape index (κ1) is 23.5. The first-order valence-corrected chi connectivity index (χ1v) is 10.5. The molecule has 1 aromatic heterocycles. The summed E-state index contributed by atoms with van der Waals surface area (Å²) in [5, 5.41) is 5.58. The molecule has 0 aliphatic rings. The van der Waals surface area contributed by atoms with E-state index < -0.39 is 12.4 Å². The van der Waals surface area contributed by atoms with Gasteiger partial charge in [0.2, 0.25) is 11.8 Å². The number of halogens is 3. The number of aromatic nitrogens is 1. The summed E-state index contributed by atoms with van der Waals surface area (Å²) in [4.78, 5) is 28.4. The lowest BCUT2D eigenvalue weighted by molar-refractivity contribution is -0.274. The number of carbonyl (C=O) groups excluding carboxylic acids is 2. The third-order valence-electron chi connectivity index (χ3n) is 4.35. The predicted octanol–water partition coefficient (Wildman–Crippen LogP) is 3.60. The zero-order chi connectivity index (χ0) is 23.1. The van der Waals surface area contributed by atoms with Gasteiger partial charge < -0.3 is 21.1 Å². The highest BCUT2D eigenvalue weighted by molar-refractivity contribution is 7.22. The molecule has 1 atom stereocenters. The Kier molecular flexibility index (Phi) is 7.65. The van der Waals surface area contributed by atoms with Crippen molar-refractivity contribution in [3.8, 4) is 5.75 Å². The van der Waals surface area contributed by atoms with E-state index >= 15 is 0 Å². The Morgan fingerprint density at radius 2 is 1.91 bits per heavy atom. The van der Waals surface area contributed by atoms with Gasteiger partial charge in [0.25, 0.3) is 0 Å². The maximum atomic E-state index is 12.3. The van der Waals surface area contributed by atoms with E-state index in [0.717, 1.165) is 23.0 Å². The fourth-order valence-electron chi connectivity index (χ4n) is 2.89. The first-order valence-electron chi connectivity index (χ1n) is 9.73. The molecule has 170 valence electrons. The van der Waals surface area contributed by atoms with E-state index in [1.807, 2.05) is 30.3 Å². The molecule has 0 saturated carbocycles. The van der Waals surface area contributed by atoms with Gasteiger partial charge in [-0.2, -0.15) is 0 Å². The van der Waals surface area contributed by atoms with Crippen molar-refractivity contribution in [2.45, 2.75) is 31.7 Å². The quantitative estimate of drug-likeness (QED) is 0.418. The second kappa shape index (κ2) is 10.4. The van der Waals surface area contributed by atoms with Crippen LogP contribution in [0.5, 0.6) is 5.75 Å². The molecule has 1 heterocycles. The molecular formula is C21H21F3N4O3S. The Morgan fingerprint density at radius 1 is 1.16 bits per heavy atom. The van der Waals surface area contributed by atoms with Gasteiger partial charge in [-0.3, -0.25) is 9.59 Å². The average molecular weight is 466 g/mol. The Morgan fingerprint density at radius 3 is 2.62 bits per heavy atom. The van der Waals surface area contributed by atoms with Crippen LogP contribution in [0.15, 0.2) is 48.5 Å². The summed E-state index contributed by atoms with van der Waals surface area (Å²) in [5.74, 6) is -0.969. The van der Waals surface area contributed by atoms with Crippen LogP contribution in [0.4, 0.5) is 18.3 Å². The van der Waals surface area contributed by atoms with E-state index in [1.165, 1.54) is 12.1 Å². The van der Waals surface area contributed by atoms with Gasteiger partial charge in [0, 0.05) is 19.0 Å². The van der Waals surface area contributed by atoms with Crippen LogP contribution in [0.3, 0.4) is 0 Å². The normalized spacial score (nSPS) is 12.4. The molecule has 4 N–H and O–H groups in total. The number of nitrogens with one attached hydrogen (secondary N) is 2. The summed E-state index contributed by atoms with van der Waals surface area (Å²) < 4.78 is 41.3. The minimum Gasteiger partial charge on any atom is -0.406 e. The number of nitrogens with two attached hydrogens (primary N) is 1.